The molecule has 0 radical (unpaired) electrons. The first-order valence-electron chi connectivity index (χ1n) is 7.12. The molecule has 0 fully saturated rings. The second kappa shape index (κ2) is 7.92. The van der Waals surface area contributed by atoms with Crippen LogP contribution in [0.25, 0.3) is 0 Å². The number of methoxy groups -OCH3 is 3. The summed E-state index contributed by atoms with van der Waals surface area (Å²) < 4.78 is 16.7. The van der Waals surface area contributed by atoms with Gasteiger partial charge in [-0.1, -0.05) is 22.0 Å². The van der Waals surface area contributed by atoms with E-state index in [-0.39, 0.29) is 6.03 Å². The molecule has 7 heteroatoms. The molecule has 0 saturated heterocycles. The average molecular weight is 395 g/mol. The molecule has 2 N–H and O–H groups in total. The van der Waals surface area contributed by atoms with Crippen LogP contribution in [-0.4, -0.2) is 27.4 Å². The van der Waals surface area contributed by atoms with Crippen molar-refractivity contribution in [2.24, 2.45) is 0 Å². The average Bonchev–Trinajstić information content (AvgIpc) is 2.57. The highest BCUT2D eigenvalue weighted by atomic mass is 79.9. The minimum atomic E-state index is -0.375. The molecule has 0 saturated carbocycles. The molecule has 0 aromatic heterocycles. The lowest BCUT2D eigenvalue weighted by atomic mass is 10.2. The van der Waals surface area contributed by atoms with Gasteiger partial charge in [-0.2, -0.15) is 0 Å². The molecule has 0 aliphatic carbocycles. The van der Waals surface area contributed by atoms with E-state index in [0.29, 0.717) is 28.6 Å². The Bertz CT molecular complexity index is 724. The van der Waals surface area contributed by atoms with Gasteiger partial charge in [0.15, 0.2) is 11.5 Å². The van der Waals surface area contributed by atoms with Crippen molar-refractivity contribution in [3.63, 3.8) is 0 Å². The Hall–Kier alpha value is -2.41. The fraction of sp³-hybridized carbons (Fsp3) is 0.235. The zero-order valence-corrected chi connectivity index (χ0v) is 15.5. The van der Waals surface area contributed by atoms with Gasteiger partial charge in [-0.3, -0.25) is 0 Å². The van der Waals surface area contributed by atoms with Gasteiger partial charge in [-0.15, -0.1) is 0 Å². The normalized spacial score (nSPS) is 10.0. The van der Waals surface area contributed by atoms with E-state index in [9.17, 15) is 4.79 Å². The summed E-state index contributed by atoms with van der Waals surface area (Å²) in [6, 6.07) is 8.52. The Morgan fingerprint density at radius 1 is 0.917 bits per heavy atom. The van der Waals surface area contributed by atoms with Crippen LogP contribution in [0.4, 0.5) is 16.2 Å². The van der Waals surface area contributed by atoms with Gasteiger partial charge >= 0.3 is 6.03 Å². The zero-order valence-electron chi connectivity index (χ0n) is 13.9. The number of amides is 2. The molecule has 0 atom stereocenters. The van der Waals surface area contributed by atoms with Crippen LogP contribution in [0.15, 0.2) is 34.8 Å². The van der Waals surface area contributed by atoms with Crippen molar-refractivity contribution in [3.8, 4) is 17.2 Å². The van der Waals surface area contributed by atoms with Crippen LogP contribution in [0.1, 0.15) is 5.56 Å². The van der Waals surface area contributed by atoms with E-state index >= 15 is 0 Å². The van der Waals surface area contributed by atoms with E-state index < -0.39 is 0 Å². The monoisotopic (exact) mass is 394 g/mol. The Balaban J connectivity index is 2.17. The van der Waals surface area contributed by atoms with Gasteiger partial charge in [0, 0.05) is 22.3 Å². The molecule has 0 bridgehead atoms. The minimum Gasteiger partial charge on any atom is -0.493 e. The number of benzene rings is 2. The van der Waals surface area contributed by atoms with Gasteiger partial charge in [0.05, 0.1) is 27.0 Å². The van der Waals surface area contributed by atoms with Crippen LogP contribution in [0, 0.1) is 6.92 Å². The molecule has 2 amide bonds. The highest BCUT2D eigenvalue weighted by molar-refractivity contribution is 9.10. The minimum absolute atomic E-state index is 0.375. The van der Waals surface area contributed by atoms with Gasteiger partial charge in [-0.05, 0) is 24.6 Å². The number of hydrogen-bond donors (Lipinski definition) is 2. The standard InChI is InChI=1S/C17H19BrN2O4/c1-10-5-6-11(7-13(10)18)19-17(21)20-12-8-14(22-2)16(24-4)15(9-12)23-3/h5-9H,1-4H3,(H2,19,20,21). The first-order valence-corrected chi connectivity index (χ1v) is 7.92. The number of hydrogen-bond acceptors (Lipinski definition) is 4. The first-order chi connectivity index (χ1) is 11.5. The van der Waals surface area contributed by atoms with Crippen LogP contribution in [0.5, 0.6) is 17.2 Å². The van der Waals surface area contributed by atoms with Gasteiger partial charge < -0.3 is 24.8 Å². The van der Waals surface area contributed by atoms with Crippen molar-refractivity contribution in [1.29, 1.82) is 0 Å². The van der Waals surface area contributed by atoms with Crippen LogP contribution in [0.2, 0.25) is 0 Å². The summed E-state index contributed by atoms with van der Waals surface area (Å²) >= 11 is 3.44. The number of ether oxygens (including phenoxy) is 3. The molecule has 2 aromatic carbocycles. The maximum Gasteiger partial charge on any atom is 0.323 e. The fourth-order valence-corrected chi connectivity index (χ4v) is 2.50. The number of aryl methyl sites for hydroxylation is 1. The summed E-state index contributed by atoms with van der Waals surface area (Å²) in [5.41, 5.74) is 2.29. The molecule has 0 heterocycles. The van der Waals surface area contributed by atoms with Crippen molar-refractivity contribution in [2.45, 2.75) is 6.92 Å². The molecule has 0 spiro atoms. The Morgan fingerprint density at radius 3 is 2.00 bits per heavy atom. The van der Waals surface area contributed by atoms with E-state index in [0.717, 1.165) is 10.0 Å². The summed E-state index contributed by atoms with van der Waals surface area (Å²) in [6.07, 6.45) is 0. The van der Waals surface area contributed by atoms with Crippen LogP contribution < -0.4 is 24.8 Å². The van der Waals surface area contributed by atoms with E-state index in [1.165, 1.54) is 21.3 Å². The number of carbonyl (C=O) groups excluding carboxylic acids is 1. The number of carbonyl (C=O) groups is 1. The largest absolute Gasteiger partial charge is 0.493 e. The second-order valence-electron chi connectivity index (χ2n) is 4.96. The number of urea groups is 1. The summed E-state index contributed by atoms with van der Waals surface area (Å²) in [5, 5.41) is 5.51. The van der Waals surface area contributed by atoms with Gasteiger partial charge in [0.2, 0.25) is 5.75 Å². The van der Waals surface area contributed by atoms with Crippen LogP contribution >= 0.6 is 15.9 Å². The number of halogens is 1. The molecule has 2 rings (SSSR count). The summed E-state index contributed by atoms with van der Waals surface area (Å²) in [5.74, 6) is 1.39. The van der Waals surface area contributed by atoms with Crippen molar-refractivity contribution in [2.75, 3.05) is 32.0 Å². The second-order valence-corrected chi connectivity index (χ2v) is 5.81. The molecule has 0 unspecified atom stereocenters. The van der Waals surface area contributed by atoms with Gasteiger partial charge in [0.25, 0.3) is 0 Å². The molecule has 2 aromatic rings. The van der Waals surface area contributed by atoms with E-state index in [1.807, 2.05) is 25.1 Å². The predicted octanol–water partition coefficient (Wildman–Crippen LogP) is 4.43. The number of nitrogens with one attached hydrogen (secondary N) is 2. The van der Waals surface area contributed by atoms with E-state index in [4.69, 9.17) is 14.2 Å². The van der Waals surface area contributed by atoms with Crippen molar-refractivity contribution < 1.29 is 19.0 Å². The third kappa shape index (κ3) is 4.11. The highest BCUT2D eigenvalue weighted by Gasteiger charge is 2.14. The molecule has 6 nitrogen and oxygen atoms in total. The third-order valence-corrected chi connectivity index (χ3v) is 4.21. The van der Waals surface area contributed by atoms with Crippen molar-refractivity contribution >= 4 is 33.3 Å². The van der Waals surface area contributed by atoms with Crippen molar-refractivity contribution in [1.82, 2.24) is 0 Å². The Morgan fingerprint density at radius 2 is 1.50 bits per heavy atom. The summed E-state index contributed by atoms with van der Waals surface area (Å²) in [4.78, 5) is 12.2. The number of anilines is 2. The lowest BCUT2D eigenvalue weighted by Crippen LogP contribution is -2.19. The van der Waals surface area contributed by atoms with Crippen LogP contribution in [-0.2, 0) is 0 Å². The van der Waals surface area contributed by atoms with Gasteiger partial charge in [0.1, 0.15) is 0 Å². The molecule has 24 heavy (non-hydrogen) atoms. The quantitative estimate of drug-likeness (QED) is 0.786. The predicted molar refractivity (Wildman–Crippen MR) is 97.6 cm³/mol. The Labute approximate surface area is 149 Å². The lowest BCUT2D eigenvalue weighted by molar-refractivity contribution is 0.262. The lowest BCUT2D eigenvalue weighted by Gasteiger charge is -2.15. The fourth-order valence-electron chi connectivity index (χ4n) is 2.12. The van der Waals surface area contributed by atoms with Gasteiger partial charge in [-0.25, -0.2) is 4.79 Å². The maximum atomic E-state index is 12.2. The SMILES string of the molecule is COc1cc(NC(=O)Nc2ccc(C)c(Br)c2)cc(OC)c1OC. The number of rotatable bonds is 5. The summed E-state index contributed by atoms with van der Waals surface area (Å²) in [7, 11) is 4.56. The molecule has 0 aliphatic rings. The maximum absolute atomic E-state index is 12.2. The van der Waals surface area contributed by atoms with E-state index in [2.05, 4.69) is 26.6 Å². The molecule has 128 valence electrons. The smallest absolute Gasteiger partial charge is 0.323 e. The summed E-state index contributed by atoms with van der Waals surface area (Å²) in [6.45, 7) is 1.98. The topological polar surface area (TPSA) is 68.8 Å². The highest BCUT2D eigenvalue weighted by Crippen LogP contribution is 2.39. The van der Waals surface area contributed by atoms with Crippen LogP contribution in [0.3, 0.4) is 0 Å². The molecular weight excluding hydrogens is 376 g/mol. The first kappa shape index (κ1) is 17.9. The Kier molecular flexibility index (Phi) is 5.92. The third-order valence-electron chi connectivity index (χ3n) is 3.35. The van der Waals surface area contributed by atoms with Crippen molar-refractivity contribution in [3.05, 3.63) is 40.4 Å². The molecule has 0 aliphatic heterocycles. The van der Waals surface area contributed by atoms with E-state index in [1.54, 1.807) is 12.1 Å². The zero-order chi connectivity index (χ0) is 17.7. The molecular formula is C17H19BrN2O4.